The van der Waals surface area contributed by atoms with Gasteiger partial charge in [0, 0.05) is 16.7 Å². The average Bonchev–Trinajstić information content (AvgIpc) is 2.49. The fourth-order valence-electron chi connectivity index (χ4n) is 1.61. The third-order valence-corrected chi connectivity index (χ3v) is 2.85. The highest BCUT2D eigenvalue weighted by Gasteiger charge is 2.01. The summed E-state index contributed by atoms with van der Waals surface area (Å²) in [5, 5.41) is 13.6. The smallest absolute Gasteiger partial charge is 0.328 e. The van der Waals surface area contributed by atoms with Crippen molar-refractivity contribution < 1.29 is 9.90 Å². The van der Waals surface area contributed by atoms with Crippen LogP contribution in [0.25, 0.3) is 0 Å². The highest BCUT2D eigenvalue weighted by atomic mass is 35.5. The van der Waals surface area contributed by atoms with E-state index in [4.69, 9.17) is 16.7 Å². The monoisotopic (exact) mass is 300 g/mol. The lowest BCUT2D eigenvalue weighted by atomic mass is 10.1. The Morgan fingerprint density at radius 3 is 2.33 bits per heavy atom. The zero-order chi connectivity index (χ0) is 15.1. The number of nitrogens with zero attached hydrogens (tertiary/aromatic N) is 1. The number of hydrogen-bond donors (Lipinski definition) is 2. The van der Waals surface area contributed by atoms with Crippen molar-refractivity contribution in [3.8, 4) is 0 Å². The number of aliphatic carboxylic acids is 1. The molecule has 106 valence electrons. The molecule has 0 amide bonds. The maximum Gasteiger partial charge on any atom is 0.328 e. The molecule has 5 heteroatoms. The second kappa shape index (κ2) is 7.26. The van der Waals surface area contributed by atoms with E-state index in [1.807, 2.05) is 30.3 Å². The molecule has 2 aromatic rings. The van der Waals surface area contributed by atoms with Gasteiger partial charge in [-0.05, 0) is 30.3 Å². The largest absolute Gasteiger partial charge is 0.478 e. The number of carboxylic acid groups (broad SMARTS) is 1. The van der Waals surface area contributed by atoms with Gasteiger partial charge in [-0.15, -0.1) is 0 Å². The average molecular weight is 301 g/mol. The number of hydrazone groups is 1. The molecule has 0 atom stereocenters. The van der Waals surface area contributed by atoms with E-state index in [1.54, 1.807) is 24.3 Å². The lowest BCUT2D eigenvalue weighted by Gasteiger charge is -2.04. The molecule has 0 aromatic heterocycles. The van der Waals surface area contributed by atoms with E-state index >= 15 is 0 Å². The topological polar surface area (TPSA) is 61.7 Å². The molecule has 0 spiro atoms. The summed E-state index contributed by atoms with van der Waals surface area (Å²) in [6, 6.07) is 16.4. The molecule has 4 nitrogen and oxygen atoms in total. The summed E-state index contributed by atoms with van der Waals surface area (Å²) < 4.78 is 0. The van der Waals surface area contributed by atoms with Crippen LogP contribution in [-0.2, 0) is 4.79 Å². The van der Waals surface area contributed by atoms with Crippen LogP contribution in [-0.4, -0.2) is 16.8 Å². The Labute approximate surface area is 127 Å². The number of para-hydroxylation sites is 1. The molecule has 2 aromatic carbocycles. The number of rotatable bonds is 5. The molecular weight excluding hydrogens is 288 g/mol. The fourth-order valence-corrected chi connectivity index (χ4v) is 1.73. The Balaban J connectivity index is 2.27. The summed E-state index contributed by atoms with van der Waals surface area (Å²) in [4.78, 5) is 10.7. The number of benzene rings is 2. The Hall–Kier alpha value is -2.59. The molecule has 2 N–H and O–H groups in total. The van der Waals surface area contributed by atoms with Gasteiger partial charge < -0.3 is 5.11 Å². The predicted molar refractivity (Wildman–Crippen MR) is 84.8 cm³/mol. The first-order valence-electron chi connectivity index (χ1n) is 6.21. The Kier molecular flexibility index (Phi) is 5.12. The number of carbonyl (C=O) groups is 1. The SMILES string of the molecule is O=C(O)/C=C/C(=N\Nc1ccccc1)c1ccc(Cl)cc1. The second-order valence-corrected chi connectivity index (χ2v) is 4.59. The molecule has 0 saturated heterocycles. The molecule has 2 rings (SSSR count). The van der Waals surface area contributed by atoms with Crippen molar-refractivity contribution in [2.75, 3.05) is 5.43 Å². The normalized spacial score (nSPS) is 11.6. The third kappa shape index (κ3) is 4.78. The second-order valence-electron chi connectivity index (χ2n) is 4.15. The van der Waals surface area contributed by atoms with Crippen LogP contribution in [0.2, 0.25) is 5.02 Å². The van der Waals surface area contributed by atoms with Gasteiger partial charge in [0.25, 0.3) is 0 Å². The number of allylic oxidation sites excluding steroid dienone is 1. The molecule has 0 aliphatic carbocycles. The lowest BCUT2D eigenvalue weighted by molar-refractivity contribution is -0.131. The summed E-state index contributed by atoms with van der Waals surface area (Å²) >= 11 is 5.85. The standard InChI is InChI=1S/C16H13ClN2O2/c17-13-8-6-12(7-9-13)15(10-11-16(20)21)19-18-14-4-2-1-3-5-14/h1-11,18H,(H,20,21)/b11-10+,19-15+. The van der Waals surface area contributed by atoms with Crippen molar-refractivity contribution in [1.82, 2.24) is 0 Å². The minimum atomic E-state index is -1.03. The van der Waals surface area contributed by atoms with Gasteiger partial charge in [-0.25, -0.2) is 4.79 Å². The minimum Gasteiger partial charge on any atom is -0.478 e. The molecule has 21 heavy (non-hydrogen) atoms. The Morgan fingerprint density at radius 1 is 1.05 bits per heavy atom. The summed E-state index contributed by atoms with van der Waals surface area (Å²) in [5.74, 6) is -1.03. The number of carboxylic acids is 1. The van der Waals surface area contributed by atoms with Crippen molar-refractivity contribution in [3.05, 3.63) is 77.3 Å². The number of anilines is 1. The van der Waals surface area contributed by atoms with Gasteiger partial charge in [-0.1, -0.05) is 41.9 Å². The molecule has 0 saturated carbocycles. The van der Waals surface area contributed by atoms with Crippen LogP contribution in [0, 0.1) is 0 Å². The van der Waals surface area contributed by atoms with E-state index in [0.717, 1.165) is 17.3 Å². The fraction of sp³-hybridized carbons (Fsp3) is 0. The zero-order valence-electron chi connectivity index (χ0n) is 11.0. The van der Waals surface area contributed by atoms with Crippen LogP contribution in [0.3, 0.4) is 0 Å². The first-order valence-corrected chi connectivity index (χ1v) is 6.58. The van der Waals surface area contributed by atoms with E-state index in [1.165, 1.54) is 6.08 Å². The lowest BCUT2D eigenvalue weighted by Crippen LogP contribution is -2.02. The molecule has 0 aliphatic rings. The molecular formula is C16H13ClN2O2. The van der Waals surface area contributed by atoms with E-state index in [0.29, 0.717) is 10.7 Å². The van der Waals surface area contributed by atoms with Gasteiger partial charge in [0.15, 0.2) is 0 Å². The van der Waals surface area contributed by atoms with Gasteiger partial charge in [0.1, 0.15) is 0 Å². The van der Waals surface area contributed by atoms with E-state index in [2.05, 4.69) is 10.5 Å². The third-order valence-electron chi connectivity index (χ3n) is 2.60. The van der Waals surface area contributed by atoms with Gasteiger partial charge in [0.2, 0.25) is 0 Å². The van der Waals surface area contributed by atoms with Crippen molar-refractivity contribution in [2.24, 2.45) is 5.10 Å². The van der Waals surface area contributed by atoms with E-state index in [9.17, 15) is 4.79 Å². The van der Waals surface area contributed by atoms with Gasteiger partial charge in [-0.3, -0.25) is 5.43 Å². The van der Waals surface area contributed by atoms with Crippen LogP contribution in [0.15, 0.2) is 71.9 Å². The molecule has 0 fully saturated rings. The first kappa shape index (κ1) is 14.8. The Bertz CT molecular complexity index is 664. The molecule has 0 aliphatic heterocycles. The summed E-state index contributed by atoms with van der Waals surface area (Å²) in [6.07, 6.45) is 2.47. The van der Waals surface area contributed by atoms with Crippen LogP contribution >= 0.6 is 11.6 Å². The van der Waals surface area contributed by atoms with Crippen molar-refractivity contribution >= 4 is 29.0 Å². The summed E-state index contributed by atoms with van der Waals surface area (Å²) in [6.45, 7) is 0. The molecule has 0 unspecified atom stereocenters. The van der Waals surface area contributed by atoms with Crippen LogP contribution in [0.1, 0.15) is 5.56 Å². The number of nitrogens with one attached hydrogen (secondary N) is 1. The van der Waals surface area contributed by atoms with Crippen molar-refractivity contribution in [2.45, 2.75) is 0 Å². The minimum absolute atomic E-state index is 0.498. The number of halogens is 1. The quantitative estimate of drug-likeness (QED) is 0.501. The van der Waals surface area contributed by atoms with Crippen LogP contribution < -0.4 is 5.43 Å². The maximum atomic E-state index is 10.7. The highest BCUT2D eigenvalue weighted by molar-refractivity contribution is 6.30. The van der Waals surface area contributed by atoms with Gasteiger partial charge in [-0.2, -0.15) is 5.10 Å². The maximum absolute atomic E-state index is 10.7. The molecule has 0 radical (unpaired) electrons. The number of hydrogen-bond acceptors (Lipinski definition) is 3. The molecule has 0 heterocycles. The first-order chi connectivity index (χ1) is 10.1. The van der Waals surface area contributed by atoms with Crippen LogP contribution in [0.4, 0.5) is 5.69 Å². The van der Waals surface area contributed by atoms with Crippen molar-refractivity contribution in [1.29, 1.82) is 0 Å². The van der Waals surface area contributed by atoms with Crippen LogP contribution in [0.5, 0.6) is 0 Å². The van der Waals surface area contributed by atoms with E-state index in [-0.39, 0.29) is 0 Å². The Morgan fingerprint density at radius 2 is 1.71 bits per heavy atom. The zero-order valence-corrected chi connectivity index (χ0v) is 11.8. The van der Waals surface area contributed by atoms with E-state index < -0.39 is 5.97 Å². The van der Waals surface area contributed by atoms with Crippen molar-refractivity contribution in [3.63, 3.8) is 0 Å². The predicted octanol–water partition coefficient (Wildman–Crippen LogP) is 3.80. The summed E-state index contributed by atoms with van der Waals surface area (Å²) in [5.41, 5.74) is 4.97. The van der Waals surface area contributed by atoms with Gasteiger partial charge in [0.05, 0.1) is 11.4 Å². The highest BCUT2D eigenvalue weighted by Crippen LogP contribution is 2.12. The molecule has 0 bridgehead atoms. The van der Waals surface area contributed by atoms with Gasteiger partial charge >= 0.3 is 5.97 Å². The summed E-state index contributed by atoms with van der Waals surface area (Å²) in [7, 11) is 0.